The van der Waals surface area contributed by atoms with E-state index in [1.165, 1.54) is 0 Å². The van der Waals surface area contributed by atoms with Crippen LogP contribution in [-0.2, 0) is 14.3 Å². The van der Waals surface area contributed by atoms with E-state index in [9.17, 15) is 14.4 Å². The molecule has 2 aromatic carbocycles. The van der Waals surface area contributed by atoms with Crippen molar-refractivity contribution in [3.63, 3.8) is 0 Å². The van der Waals surface area contributed by atoms with Gasteiger partial charge in [0.2, 0.25) is 5.91 Å². The Kier molecular flexibility index (Phi) is 9.20. The molecule has 164 valence electrons. The summed E-state index contributed by atoms with van der Waals surface area (Å²) in [7, 11) is 0. The number of benzene rings is 2. The zero-order chi connectivity index (χ0) is 22.8. The average molecular weight is 490 g/mol. The Morgan fingerprint density at radius 1 is 1.06 bits per heavy atom. The van der Waals surface area contributed by atoms with Crippen LogP contribution in [0.15, 0.2) is 52.0 Å². The SMILES string of the molecule is CCOC(=O)c1ccc(NC(=O)CC(C)=NNC(=O)COc2ccc(C)cc2Br)cc1. The normalized spacial score (nSPS) is 10.9. The van der Waals surface area contributed by atoms with Crippen molar-refractivity contribution in [3.8, 4) is 5.75 Å². The summed E-state index contributed by atoms with van der Waals surface area (Å²) >= 11 is 3.38. The molecule has 8 nitrogen and oxygen atoms in total. The van der Waals surface area contributed by atoms with Crippen molar-refractivity contribution in [2.75, 3.05) is 18.5 Å². The third-order valence-corrected chi connectivity index (χ3v) is 4.53. The number of rotatable bonds is 9. The number of hydrogen-bond donors (Lipinski definition) is 2. The molecule has 0 aliphatic heterocycles. The average Bonchev–Trinajstić information content (AvgIpc) is 2.72. The van der Waals surface area contributed by atoms with Gasteiger partial charge in [-0.1, -0.05) is 6.07 Å². The second kappa shape index (κ2) is 11.8. The van der Waals surface area contributed by atoms with Crippen molar-refractivity contribution in [2.24, 2.45) is 5.10 Å². The summed E-state index contributed by atoms with van der Waals surface area (Å²) in [4.78, 5) is 35.7. The van der Waals surface area contributed by atoms with E-state index in [4.69, 9.17) is 9.47 Å². The molecule has 0 bridgehead atoms. The highest BCUT2D eigenvalue weighted by molar-refractivity contribution is 9.10. The van der Waals surface area contributed by atoms with Crippen molar-refractivity contribution in [3.05, 3.63) is 58.1 Å². The number of carbonyl (C=O) groups is 3. The van der Waals surface area contributed by atoms with Crippen LogP contribution in [-0.4, -0.2) is 36.7 Å². The van der Waals surface area contributed by atoms with E-state index in [-0.39, 0.29) is 18.9 Å². The van der Waals surface area contributed by atoms with Gasteiger partial charge in [-0.15, -0.1) is 0 Å². The first-order valence-corrected chi connectivity index (χ1v) is 10.4. The Labute approximate surface area is 189 Å². The number of hydrogen-bond acceptors (Lipinski definition) is 6. The van der Waals surface area contributed by atoms with Crippen LogP contribution in [0.4, 0.5) is 5.69 Å². The van der Waals surface area contributed by atoms with Crippen LogP contribution in [0.3, 0.4) is 0 Å². The lowest BCUT2D eigenvalue weighted by atomic mass is 10.2. The van der Waals surface area contributed by atoms with Gasteiger partial charge in [0.05, 0.1) is 23.1 Å². The van der Waals surface area contributed by atoms with Crippen LogP contribution >= 0.6 is 15.9 Å². The number of halogens is 1. The quantitative estimate of drug-likeness (QED) is 0.316. The molecule has 0 spiro atoms. The molecule has 0 fully saturated rings. The van der Waals surface area contributed by atoms with E-state index in [1.54, 1.807) is 44.2 Å². The third kappa shape index (κ3) is 8.21. The molecule has 2 aromatic rings. The van der Waals surface area contributed by atoms with Crippen molar-refractivity contribution >= 4 is 45.1 Å². The molecule has 0 aliphatic carbocycles. The summed E-state index contributed by atoms with van der Waals surface area (Å²) in [5.74, 6) is -0.617. The molecular weight excluding hydrogens is 466 g/mol. The highest BCUT2D eigenvalue weighted by atomic mass is 79.9. The molecule has 0 saturated heterocycles. The smallest absolute Gasteiger partial charge is 0.338 e. The highest BCUT2D eigenvalue weighted by Crippen LogP contribution is 2.25. The van der Waals surface area contributed by atoms with Gasteiger partial charge in [-0.3, -0.25) is 9.59 Å². The van der Waals surface area contributed by atoms with Crippen molar-refractivity contribution < 1.29 is 23.9 Å². The van der Waals surface area contributed by atoms with Crippen LogP contribution in [0.1, 0.15) is 36.2 Å². The first-order chi connectivity index (χ1) is 14.8. The number of carbonyl (C=O) groups excluding carboxylic acids is 3. The molecule has 0 radical (unpaired) electrons. The van der Waals surface area contributed by atoms with E-state index in [0.29, 0.717) is 29.3 Å². The van der Waals surface area contributed by atoms with E-state index >= 15 is 0 Å². The zero-order valence-corrected chi connectivity index (χ0v) is 19.1. The molecule has 2 rings (SSSR count). The van der Waals surface area contributed by atoms with Gasteiger partial charge in [0.25, 0.3) is 5.91 Å². The summed E-state index contributed by atoms with van der Waals surface area (Å²) < 4.78 is 11.1. The first kappa shape index (κ1) is 24.1. The van der Waals surface area contributed by atoms with Crippen molar-refractivity contribution in [1.82, 2.24) is 5.43 Å². The lowest BCUT2D eigenvalue weighted by molar-refractivity contribution is -0.123. The first-order valence-electron chi connectivity index (χ1n) is 9.56. The standard InChI is InChI=1S/C22H24BrN3O5/c1-4-30-22(29)16-6-8-17(9-7-16)24-20(27)12-15(3)25-26-21(28)13-31-19-10-5-14(2)11-18(19)23/h5-11H,4,12-13H2,1-3H3,(H,24,27)(H,26,28). The second-order valence-corrected chi connectivity index (χ2v) is 7.48. The van der Waals surface area contributed by atoms with Gasteiger partial charge in [0, 0.05) is 11.4 Å². The van der Waals surface area contributed by atoms with Crippen molar-refractivity contribution in [2.45, 2.75) is 27.2 Å². The second-order valence-electron chi connectivity index (χ2n) is 6.63. The van der Waals surface area contributed by atoms with Crippen LogP contribution in [0, 0.1) is 6.92 Å². The predicted molar refractivity (Wildman–Crippen MR) is 121 cm³/mol. The fourth-order valence-electron chi connectivity index (χ4n) is 2.44. The molecular formula is C22H24BrN3O5. The van der Waals surface area contributed by atoms with Crippen LogP contribution in [0.25, 0.3) is 0 Å². The van der Waals surface area contributed by atoms with Gasteiger partial charge in [-0.25, -0.2) is 10.2 Å². The van der Waals surface area contributed by atoms with E-state index in [2.05, 4.69) is 31.8 Å². The van der Waals surface area contributed by atoms with Gasteiger partial charge >= 0.3 is 5.97 Å². The zero-order valence-electron chi connectivity index (χ0n) is 17.5. The molecule has 2 N–H and O–H groups in total. The maximum absolute atomic E-state index is 12.1. The summed E-state index contributed by atoms with van der Waals surface area (Å²) in [6.45, 7) is 5.39. The Morgan fingerprint density at radius 2 is 1.77 bits per heavy atom. The number of anilines is 1. The summed E-state index contributed by atoms with van der Waals surface area (Å²) in [6.07, 6.45) is -0.00965. The molecule has 0 aliphatic rings. The molecule has 31 heavy (non-hydrogen) atoms. The number of amides is 2. The fraction of sp³-hybridized carbons (Fsp3) is 0.273. The largest absolute Gasteiger partial charge is 0.483 e. The Morgan fingerprint density at radius 3 is 2.42 bits per heavy atom. The Hall–Kier alpha value is -3.20. The summed E-state index contributed by atoms with van der Waals surface area (Å²) in [5.41, 5.74) is 4.79. The van der Waals surface area contributed by atoms with Gasteiger partial charge in [0.1, 0.15) is 5.75 Å². The van der Waals surface area contributed by atoms with Crippen molar-refractivity contribution in [1.29, 1.82) is 0 Å². The topological polar surface area (TPSA) is 106 Å². The van der Waals surface area contributed by atoms with Crippen LogP contribution in [0.2, 0.25) is 0 Å². The number of aryl methyl sites for hydroxylation is 1. The maximum atomic E-state index is 12.1. The minimum Gasteiger partial charge on any atom is -0.483 e. The lowest BCUT2D eigenvalue weighted by Gasteiger charge is -2.08. The monoisotopic (exact) mass is 489 g/mol. The molecule has 0 heterocycles. The van der Waals surface area contributed by atoms with Gasteiger partial charge < -0.3 is 14.8 Å². The molecule has 0 atom stereocenters. The molecule has 0 aromatic heterocycles. The maximum Gasteiger partial charge on any atom is 0.338 e. The molecule has 0 unspecified atom stereocenters. The number of hydrazone groups is 1. The number of nitrogens with one attached hydrogen (secondary N) is 2. The highest BCUT2D eigenvalue weighted by Gasteiger charge is 2.09. The molecule has 2 amide bonds. The van der Waals surface area contributed by atoms with Crippen LogP contribution in [0.5, 0.6) is 5.75 Å². The lowest BCUT2D eigenvalue weighted by Crippen LogP contribution is -2.26. The van der Waals surface area contributed by atoms with E-state index < -0.39 is 11.9 Å². The van der Waals surface area contributed by atoms with E-state index in [0.717, 1.165) is 10.0 Å². The van der Waals surface area contributed by atoms with E-state index in [1.807, 2.05) is 19.1 Å². The predicted octanol–water partition coefficient (Wildman–Crippen LogP) is 3.83. The minimum atomic E-state index is -0.443. The molecule has 0 saturated carbocycles. The van der Waals surface area contributed by atoms with Gasteiger partial charge in [-0.2, -0.15) is 5.10 Å². The Balaban J connectivity index is 1.78. The number of nitrogens with zero attached hydrogens (tertiary/aromatic N) is 1. The third-order valence-electron chi connectivity index (χ3n) is 3.91. The summed E-state index contributed by atoms with van der Waals surface area (Å²) in [6, 6.07) is 11.9. The van der Waals surface area contributed by atoms with Gasteiger partial charge in [0.15, 0.2) is 6.61 Å². The summed E-state index contributed by atoms with van der Waals surface area (Å²) in [5, 5.41) is 6.62. The molecule has 9 heteroatoms. The fourth-order valence-corrected chi connectivity index (χ4v) is 3.05. The number of ether oxygens (including phenoxy) is 2. The van der Waals surface area contributed by atoms with Gasteiger partial charge in [-0.05, 0) is 78.7 Å². The minimum absolute atomic E-state index is 0.00965. The van der Waals surface area contributed by atoms with Crippen LogP contribution < -0.4 is 15.5 Å². The number of esters is 1. The Bertz CT molecular complexity index is 974.